The number of esters is 1. The van der Waals surface area contributed by atoms with Crippen molar-refractivity contribution in [1.82, 2.24) is 15.5 Å². The lowest BCUT2D eigenvalue weighted by atomic mass is 10.1. The predicted octanol–water partition coefficient (Wildman–Crippen LogP) is 3.68. The van der Waals surface area contributed by atoms with Gasteiger partial charge in [-0.25, -0.2) is 4.79 Å². The minimum atomic E-state index is -1.11. The molecule has 2 aromatic rings. The third-order valence-corrected chi connectivity index (χ3v) is 6.20. The molecule has 0 saturated carbocycles. The average molecular weight is 586 g/mol. The van der Waals surface area contributed by atoms with E-state index in [1.54, 1.807) is 30.2 Å². The molecule has 0 bridgehead atoms. The van der Waals surface area contributed by atoms with Crippen LogP contribution in [0, 0.1) is 0 Å². The van der Waals surface area contributed by atoms with Gasteiger partial charge in [0.1, 0.15) is 30.2 Å². The van der Waals surface area contributed by atoms with Crippen molar-refractivity contribution < 1.29 is 33.4 Å². The minimum Gasteiger partial charge on any atom is -0.497 e. The fourth-order valence-electron chi connectivity index (χ4n) is 3.77. The maximum Gasteiger partial charge on any atom is 0.328 e. The molecule has 0 aromatic heterocycles. The maximum absolute atomic E-state index is 13.0. The van der Waals surface area contributed by atoms with Crippen molar-refractivity contribution in [1.29, 1.82) is 0 Å². The van der Waals surface area contributed by atoms with Crippen molar-refractivity contribution in [2.24, 2.45) is 0 Å². The largest absolute Gasteiger partial charge is 0.497 e. The zero-order valence-corrected chi connectivity index (χ0v) is 24.2. The number of hydrogen-bond donors (Lipinski definition) is 2. The normalized spacial score (nSPS) is 11.8. The van der Waals surface area contributed by atoms with Crippen LogP contribution in [0.2, 0.25) is 5.02 Å². The Kier molecular flexibility index (Phi) is 13.4. The Morgan fingerprint density at radius 3 is 2.34 bits per heavy atom. The van der Waals surface area contributed by atoms with Crippen LogP contribution in [0.3, 0.4) is 0 Å². The first kappa shape index (κ1) is 32.9. The fraction of sp³-hybridized carbons (Fsp3) is 0.333. The molecular weight excluding hydrogens is 550 g/mol. The lowest BCUT2D eigenvalue weighted by Gasteiger charge is -2.24. The molecular formula is C30H36ClN3O7. The zero-order chi connectivity index (χ0) is 30.4. The Bertz CT molecular complexity index is 1230. The molecule has 0 aliphatic heterocycles. The van der Waals surface area contributed by atoms with Gasteiger partial charge < -0.3 is 29.7 Å². The number of nitrogens with one attached hydrogen (secondary N) is 2. The van der Waals surface area contributed by atoms with Crippen molar-refractivity contribution in [2.45, 2.75) is 38.4 Å². The second kappa shape index (κ2) is 16.7. The lowest BCUT2D eigenvalue weighted by molar-refractivity contribution is -0.145. The third-order valence-electron chi connectivity index (χ3n) is 5.97. The van der Waals surface area contributed by atoms with Crippen LogP contribution < -0.4 is 20.1 Å². The molecule has 10 nitrogen and oxygen atoms in total. The van der Waals surface area contributed by atoms with E-state index in [0.717, 1.165) is 5.56 Å². The fourth-order valence-corrected chi connectivity index (χ4v) is 3.93. The van der Waals surface area contributed by atoms with Crippen LogP contribution in [-0.2, 0) is 25.7 Å². The van der Waals surface area contributed by atoms with Gasteiger partial charge >= 0.3 is 5.97 Å². The molecule has 0 aliphatic carbocycles. The number of benzene rings is 2. The number of halogens is 1. The van der Waals surface area contributed by atoms with Gasteiger partial charge in [-0.1, -0.05) is 42.5 Å². The van der Waals surface area contributed by atoms with E-state index < -0.39 is 29.9 Å². The minimum absolute atomic E-state index is 0.00903. The van der Waals surface area contributed by atoms with Crippen LogP contribution in [0.1, 0.15) is 35.7 Å². The smallest absolute Gasteiger partial charge is 0.328 e. The van der Waals surface area contributed by atoms with Gasteiger partial charge in [-0.05, 0) is 49.2 Å². The standard InChI is InChI=1S/C30H36ClN3O7/c1-6-16-34(19-21-8-11-23(39-4)12-9-21)27(35)15-14-25(30(38)40-5)33-28(36)20(3)32-29(37)24-13-10-22(31)18-26(24)41-17-7-2/h6-13,18,20,25H,1-2,14-17,19H2,3-5H3,(H,32,37)(H,33,36). The van der Waals surface area contributed by atoms with E-state index in [1.807, 2.05) is 12.1 Å². The highest BCUT2D eigenvalue weighted by molar-refractivity contribution is 6.30. The first-order valence-corrected chi connectivity index (χ1v) is 13.2. The quantitative estimate of drug-likeness (QED) is 0.227. The number of rotatable bonds is 16. The van der Waals surface area contributed by atoms with Crippen LogP contribution in [0.25, 0.3) is 0 Å². The van der Waals surface area contributed by atoms with E-state index in [-0.39, 0.29) is 36.7 Å². The van der Waals surface area contributed by atoms with Gasteiger partial charge in [-0.15, -0.1) is 6.58 Å². The summed E-state index contributed by atoms with van der Waals surface area (Å²) >= 11 is 6.02. The Morgan fingerprint density at radius 2 is 1.73 bits per heavy atom. The number of amides is 3. The Labute approximate surface area is 245 Å². The second-order valence-electron chi connectivity index (χ2n) is 8.97. The number of carbonyl (C=O) groups is 4. The highest BCUT2D eigenvalue weighted by atomic mass is 35.5. The SMILES string of the molecule is C=CCOc1cc(Cl)ccc1C(=O)NC(C)C(=O)NC(CCC(=O)N(CC=C)Cc1ccc(OC)cc1)C(=O)OC. The van der Waals surface area contributed by atoms with E-state index >= 15 is 0 Å². The Hall–Kier alpha value is -4.31. The van der Waals surface area contributed by atoms with Gasteiger partial charge in [0.25, 0.3) is 5.91 Å². The summed E-state index contributed by atoms with van der Waals surface area (Å²) in [5.41, 5.74) is 1.06. The van der Waals surface area contributed by atoms with E-state index in [2.05, 4.69) is 23.8 Å². The van der Waals surface area contributed by atoms with Crippen molar-refractivity contribution in [3.05, 3.63) is 83.9 Å². The Morgan fingerprint density at radius 1 is 1.02 bits per heavy atom. The average Bonchev–Trinajstić information content (AvgIpc) is 2.97. The lowest BCUT2D eigenvalue weighted by Crippen LogP contribution is -2.51. The molecule has 0 spiro atoms. The van der Waals surface area contributed by atoms with Crippen molar-refractivity contribution in [3.63, 3.8) is 0 Å². The number of methoxy groups -OCH3 is 2. The molecule has 0 fully saturated rings. The molecule has 0 radical (unpaired) electrons. The first-order chi connectivity index (χ1) is 19.6. The summed E-state index contributed by atoms with van der Waals surface area (Å²) in [7, 11) is 2.76. The highest BCUT2D eigenvalue weighted by Gasteiger charge is 2.27. The van der Waals surface area contributed by atoms with Crippen molar-refractivity contribution in [3.8, 4) is 11.5 Å². The van der Waals surface area contributed by atoms with Crippen LogP contribution in [0.15, 0.2) is 67.8 Å². The van der Waals surface area contributed by atoms with Crippen molar-refractivity contribution >= 4 is 35.3 Å². The van der Waals surface area contributed by atoms with Gasteiger partial charge in [0.05, 0.1) is 19.8 Å². The topological polar surface area (TPSA) is 123 Å². The highest BCUT2D eigenvalue weighted by Crippen LogP contribution is 2.24. The number of carbonyl (C=O) groups excluding carboxylic acids is 4. The van der Waals surface area contributed by atoms with Crippen LogP contribution in [0.4, 0.5) is 0 Å². The summed E-state index contributed by atoms with van der Waals surface area (Å²) in [6.45, 7) is 9.55. The van der Waals surface area contributed by atoms with E-state index in [4.69, 9.17) is 25.8 Å². The van der Waals surface area contributed by atoms with Gasteiger partial charge in [-0.2, -0.15) is 0 Å². The molecule has 11 heteroatoms. The van der Waals surface area contributed by atoms with Crippen LogP contribution in [-0.4, -0.2) is 68.0 Å². The summed E-state index contributed by atoms with van der Waals surface area (Å²) in [5, 5.41) is 5.53. The molecule has 2 atom stereocenters. The molecule has 2 N–H and O–H groups in total. The summed E-state index contributed by atoms with van der Waals surface area (Å²) in [5.74, 6) is -1.23. The third kappa shape index (κ3) is 10.3. The van der Waals surface area contributed by atoms with Crippen molar-refractivity contribution in [2.75, 3.05) is 27.4 Å². The number of ether oxygens (including phenoxy) is 3. The van der Waals surface area contributed by atoms with E-state index in [0.29, 0.717) is 23.9 Å². The molecule has 0 aliphatic rings. The summed E-state index contributed by atoms with van der Waals surface area (Å²) in [6.07, 6.45) is 3.08. The van der Waals surface area contributed by atoms with Gasteiger partial charge in [-0.3, -0.25) is 14.4 Å². The van der Waals surface area contributed by atoms with E-state index in [1.165, 1.54) is 38.3 Å². The van der Waals surface area contributed by atoms with Gasteiger partial charge in [0.2, 0.25) is 11.8 Å². The van der Waals surface area contributed by atoms with Gasteiger partial charge in [0, 0.05) is 24.5 Å². The Balaban J connectivity index is 2.03. The molecule has 0 saturated heterocycles. The summed E-state index contributed by atoms with van der Waals surface area (Å²) < 4.78 is 15.5. The predicted molar refractivity (Wildman–Crippen MR) is 156 cm³/mol. The van der Waals surface area contributed by atoms with Crippen LogP contribution in [0.5, 0.6) is 11.5 Å². The molecule has 2 rings (SSSR count). The molecule has 3 amide bonds. The first-order valence-electron chi connectivity index (χ1n) is 12.9. The second-order valence-corrected chi connectivity index (χ2v) is 9.41. The molecule has 2 aromatic carbocycles. The summed E-state index contributed by atoms with van der Waals surface area (Å²) in [4.78, 5) is 52.8. The molecule has 220 valence electrons. The number of hydrogen-bond acceptors (Lipinski definition) is 7. The zero-order valence-electron chi connectivity index (χ0n) is 23.5. The molecule has 2 unspecified atom stereocenters. The summed E-state index contributed by atoms with van der Waals surface area (Å²) in [6, 6.07) is 9.67. The molecule has 0 heterocycles. The monoisotopic (exact) mass is 585 g/mol. The van der Waals surface area contributed by atoms with Gasteiger partial charge in [0.15, 0.2) is 0 Å². The number of nitrogens with zero attached hydrogens (tertiary/aromatic N) is 1. The van der Waals surface area contributed by atoms with Crippen LogP contribution >= 0.6 is 11.6 Å². The molecule has 41 heavy (non-hydrogen) atoms. The maximum atomic E-state index is 13.0. The van der Waals surface area contributed by atoms with E-state index in [9.17, 15) is 19.2 Å².